The second-order valence-electron chi connectivity index (χ2n) is 9.53. The fourth-order valence-corrected chi connectivity index (χ4v) is 4.22. The van der Waals surface area contributed by atoms with Gasteiger partial charge in [-0.1, -0.05) is 17.3 Å². The van der Waals surface area contributed by atoms with Gasteiger partial charge < -0.3 is 19.7 Å². The number of fused-ring (bicyclic) bond motifs is 1. The average Bonchev–Trinajstić information content (AvgIpc) is 3.30. The van der Waals surface area contributed by atoms with Crippen molar-refractivity contribution >= 4 is 5.91 Å². The standard InChI is InChI=1S/C27H28F3N5O4/c1-16(2)38-22-6-5-20(12-21(22)13-31)26-33-25(34-39-26)19-4-3-17-7-9-35(10-8-18(17)11-19)15-24(37)32-14-23(36)27(28,29)30/h3-6,11-12,16,23,36H,7-10,14-15H2,1-2H3,(H,32,37). The zero-order chi connectivity index (χ0) is 28.2. The molecule has 2 N–H and O–H groups in total. The Morgan fingerprint density at radius 2 is 1.90 bits per heavy atom. The molecule has 12 heteroatoms. The van der Waals surface area contributed by atoms with Gasteiger partial charge in [-0.25, -0.2) is 0 Å². The number of nitriles is 1. The molecule has 0 bridgehead atoms. The highest BCUT2D eigenvalue weighted by Crippen LogP contribution is 2.29. The van der Waals surface area contributed by atoms with Crippen LogP contribution in [0.15, 0.2) is 40.9 Å². The molecule has 0 fully saturated rings. The third-order valence-corrected chi connectivity index (χ3v) is 6.23. The topological polar surface area (TPSA) is 125 Å². The summed E-state index contributed by atoms with van der Waals surface area (Å²) in [5.41, 5.74) is 3.85. The van der Waals surface area contributed by atoms with Crippen molar-refractivity contribution in [1.82, 2.24) is 20.4 Å². The Bertz CT molecular complexity index is 1370. The number of nitrogens with zero attached hydrogens (tertiary/aromatic N) is 4. The van der Waals surface area contributed by atoms with Gasteiger partial charge in [-0.2, -0.15) is 23.4 Å². The van der Waals surface area contributed by atoms with Crippen LogP contribution in [0, 0.1) is 11.3 Å². The predicted molar refractivity (Wildman–Crippen MR) is 135 cm³/mol. The van der Waals surface area contributed by atoms with E-state index in [1.165, 1.54) is 0 Å². The fourth-order valence-electron chi connectivity index (χ4n) is 4.22. The summed E-state index contributed by atoms with van der Waals surface area (Å²) >= 11 is 0. The summed E-state index contributed by atoms with van der Waals surface area (Å²) in [4.78, 5) is 18.5. The molecule has 9 nitrogen and oxygen atoms in total. The van der Waals surface area contributed by atoms with Gasteiger partial charge in [-0.3, -0.25) is 9.69 Å². The maximum Gasteiger partial charge on any atom is 0.416 e. The minimum absolute atomic E-state index is 0.0642. The number of aromatic nitrogens is 2. The molecule has 1 aliphatic heterocycles. The number of aliphatic hydroxyl groups excluding tert-OH is 1. The van der Waals surface area contributed by atoms with E-state index >= 15 is 0 Å². The van der Waals surface area contributed by atoms with E-state index in [9.17, 15) is 23.2 Å². The first kappa shape index (κ1) is 28.1. The van der Waals surface area contributed by atoms with Gasteiger partial charge in [0.1, 0.15) is 11.8 Å². The molecule has 39 heavy (non-hydrogen) atoms. The highest BCUT2D eigenvalue weighted by molar-refractivity contribution is 5.78. The third kappa shape index (κ3) is 7.13. The van der Waals surface area contributed by atoms with E-state index in [1.807, 2.05) is 36.9 Å². The number of aliphatic hydroxyl groups is 1. The normalized spacial score (nSPS) is 14.8. The van der Waals surface area contributed by atoms with Gasteiger partial charge in [0.25, 0.3) is 5.89 Å². The SMILES string of the molecule is CC(C)Oc1ccc(-c2nc(-c3ccc4c(c3)CCN(CC(=O)NCC(O)C(F)(F)F)CC4)no2)cc1C#N. The molecular weight excluding hydrogens is 515 g/mol. The molecule has 1 aliphatic rings. The van der Waals surface area contributed by atoms with Crippen LogP contribution in [-0.2, 0) is 17.6 Å². The number of carbonyl (C=O) groups excluding carboxylic acids is 1. The number of benzene rings is 2. The first-order valence-electron chi connectivity index (χ1n) is 12.4. The van der Waals surface area contributed by atoms with Crippen molar-refractivity contribution in [3.63, 3.8) is 0 Å². The van der Waals surface area contributed by atoms with Crippen LogP contribution in [0.5, 0.6) is 5.75 Å². The number of amides is 1. The maximum atomic E-state index is 12.4. The summed E-state index contributed by atoms with van der Waals surface area (Å²) < 4.78 is 48.5. The number of hydrogen-bond acceptors (Lipinski definition) is 8. The zero-order valence-electron chi connectivity index (χ0n) is 21.5. The molecule has 206 valence electrons. The lowest BCUT2D eigenvalue weighted by Gasteiger charge is -2.20. The van der Waals surface area contributed by atoms with Crippen molar-refractivity contribution in [3.05, 3.63) is 53.1 Å². The second kappa shape index (κ2) is 11.8. The van der Waals surface area contributed by atoms with Crippen molar-refractivity contribution in [1.29, 1.82) is 5.26 Å². The van der Waals surface area contributed by atoms with Crippen LogP contribution in [0.4, 0.5) is 13.2 Å². The molecule has 1 amide bonds. The minimum atomic E-state index is -4.78. The Morgan fingerprint density at radius 1 is 1.18 bits per heavy atom. The van der Waals surface area contributed by atoms with E-state index in [0.717, 1.165) is 16.7 Å². The fraction of sp³-hybridized carbons (Fsp3) is 0.407. The van der Waals surface area contributed by atoms with Gasteiger partial charge in [0, 0.05) is 24.2 Å². The maximum absolute atomic E-state index is 12.4. The van der Waals surface area contributed by atoms with Crippen LogP contribution in [-0.4, -0.2) is 70.6 Å². The quantitative estimate of drug-likeness (QED) is 0.443. The number of nitrogens with one attached hydrogen (secondary N) is 1. The molecular formula is C27H28F3N5O4. The van der Waals surface area contributed by atoms with E-state index in [1.54, 1.807) is 18.2 Å². The lowest BCUT2D eigenvalue weighted by Crippen LogP contribution is -2.44. The highest BCUT2D eigenvalue weighted by Gasteiger charge is 2.38. The molecule has 0 saturated heterocycles. The Hall–Kier alpha value is -3.95. The number of ether oxygens (including phenoxy) is 1. The Balaban J connectivity index is 1.41. The number of alkyl halides is 3. The Kier molecular flexibility index (Phi) is 8.52. The van der Waals surface area contributed by atoms with E-state index < -0.39 is 24.7 Å². The average molecular weight is 544 g/mol. The highest BCUT2D eigenvalue weighted by atomic mass is 19.4. The van der Waals surface area contributed by atoms with Crippen LogP contribution in [0.2, 0.25) is 0 Å². The summed E-state index contributed by atoms with van der Waals surface area (Å²) in [7, 11) is 0. The number of halogens is 3. The van der Waals surface area contributed by atoms with Crippen molar-refractivity contribution < 1.29 is 32.3 Å². The van der Waals surface area contributed by atoms with E-state index in [2.05, 4.69) is 21.5 Å². The monoisotopic (exact) mass is 543 g/mol. The number of rotatable bonds is 8. The van der Waals surface area contributed by atoms with Gasteiger partial charge >= 0.3 is 6.18 Å². The van der Waals surface area contributed by atoms with Crippen LogP contribution < -0.4 is 10.1 Å². The number of hydrogen-bond donors (Lipinski definition) is 2. The molecule has 3 aromatic rings. The Morgan fingerprint density at radius 3 is 2.59 bits per heavy atom. The zero-order valence-corrected chi connectivity index (χ0v) is 21.5. The van der Waals surface area contributed by atoms with E-state index in [4.69, 9.17) is 14.4 Å². The smallest absolute Gasteiger partial charge is 0.416 e. The second-order valence-corrected chi connectivity index (χ2v) is 9.53. The molecule has 0 spiro atoms. The molecule has 1 unspecified atom stereocenters. The third-order valence-electron chi connectivity index (χ3n) is 6.23. The van der Waals surface area contributed by atoms with Crippen molar-refractivity contribution in [2.24, 2.45) is 0 Å². The number of carbonyl (C=O) groups is 1. The first-order chi connectivity index (χ1) is 18.5. The van der Waals surface area contributed by atoms with E-state index in [-0.39, 0.29) is 18.5 Å². The van der Waals surface area contributed by atoms with Crippen LogP contribution >= 0.6 is 0 Å². The van der Waals surface area contributed by atoms with Crippen molar-refractivity contribution in [2.75, 3.05) is 26.2 Å². The minimum Gasteiger partial charge on any atom is -0.490 e. The largest absolute Gasteiger partial charge is 0.490 e. The van der Waals surface area contributed by atoms with E-state index in [0.29, 0.717) is 48.6 Å². The molecule has 1 atom stereocenters. The lowest BCUT2D eigenvalue weighted by molar-refractivity contribution is -0.201. The molecule has 2 heterocycles. The summed E-state index contributed by atoms with van der Waals surface area (Å²) in [5, 5.41) is 24.8. The summed E-state index contributed by atoms with van der Waals surface area (Å²) in [6, 6.07) is 13.0. The van der Waals surface area contributed by atoms with Gasteiger partial charge in [-0.15, -0.1) is 0 Å². The van der Waals surface area contributed by atoms with Gasteiger partial charge in [-0.05, 0) is 62.1 Å². The molecule has 2 aromatic carbocycles. The van der Waals surface area contributed by atoms with Crippen molar-refractivity contribution in [3.8, 4) is 34.7 Å². The summed E-state index contributed by atoms with van der Waals surface area (Å²) in [5.74, 6) is 0.553. The van der Waals surface area contributed by atoms with Crippen LogP contribution in [0.25, 0.3) is 22.8 Å². The lowest BCUT2D eigenvalue weighted by atomic mass is 10.00. The first-order valence-corrected chi connectivity index (χ1v) is 12.4. The van der Waals surface area contributed by atoms with Gasteiger partial charge in [0.15, 0.2) is 6.10 Å². The summed E-state index contributed by atoms with van der Waals surface area (Å²) in [6.45, 7) is 3.91. The molecule has 1 aromatic heterocycles. The van der Waals surface area contributed by atoms with Crippen molar-refractivity contribution in [2.45, 2.75) is 45.1 Å². The molecule has 0 saturated carbocycles. The molecule has 0 radical (unpaired) electrons. The molecule has 4 rings (SSSR count). The van der Waals surface area contributed by atoms with Crippen LogP contribution in [0.3, 0.4) is 0 Å². The van der Waals surface area contributed by atoms with Crippen LogP contribution in [0.1, 0.15) is 30.5 Å². The predicted octanol–water partition coefficient (Wildman–Crippen LogP) is 3.50. The molecule has 0 aliphatic carbocycles. The van der Waals surface area contributed by atoms with Gasteiger partial charge in [0.05, 0.1) is 24.8 Å². The van der Waals surface area contributed by atoms with Gasteiger partial charge in [0.2, 0.25) is 11.7 Å². The summed E-state index contributed by atoms with van der Waals surface area (Å²) in [6.07, 6.45) is -6.16. The Labute approximate surface area is 223 Å².